The second-order valence-corrected chi connectivity index (χ2v) is 6.22. The molecule has 0 aromatic heterocycles. The van der Waals surface area contributed by atoms with Gasteiger partial charge in [0.25, 0.3) is 0 Å². The van der Waals surface area contributed by atoms with E-state index in [9.17, 15) is 18.5 Å². The molecule has 0 amide bonds. The Morgan fingerprint density at radius 3 is 2.35 bits per heavy atom. The number of benzene rings is 2. The Morgan fingerprint density at radius 1 is 1.13 bits per heavy atom. The standard InChI is InChI=1S/C15H15NO6S/c1-3-21-12-5-7-13(8-6-12)23(19,20)22-15-9-4-11(2)10-14(15)16(17)18/h4-10H,3H2,1-2H3. The number of ether oxygens (including phenoxy) is 1. The lowest BCUT2D eigenvalue weighted by molar-refractivity contribution is -0.385. The smallest absolute Gasteiger partial charge is 0.339 e. The van der Waals surface area contributed by atoms with Crippen molar-refractivity contribution in [1.29, 1.82) is 0 Å². The Labute approximate surface area is 133 Å². The van der Waals surface area contributed by atoms with E-state index in [4.69, 9.17) is 8.92 Å². The summed E-state index contributed by atoms with van der Waals surface area (Å²) < 4.78 is 34.6. The van der Waals surface area contributed by atoms with E-state index in [-0.39, 0.29) is 10.6 Å². The summed E-state index contributed by atoms with van der Waals surface area (Å²) in [7, 11) is -4.17. The fourth-order valence-electron chi connectivity index (χ4n) is 1.88. The molecule has 2 aromatic carbocycles. The van der Waals surface area contributed by atoms with Crippen LogP contribution in [0, 0.1) is 17.0 Å². The van der Waals surface area contributed by atoms with Crippen molar-refractivity contribution in [2.45, 2.75) is 18.7 Å². The molecule has 0 aliphatic rings. The predicted molar refractivity (Wildman–Crippen MR) is 83.3 cm³/mol. The van der Waals surface area contributed by atoms with E-state index in [2.05, 4.69) is 0 Å². The zero-order valence-corrected chi connectivity index (χ0v) is 13.4. The first kappa shape index (κ1) is 16.8. The molecule has 2 rings (SSSR count). The normalized spacial score (nSPS) is 11.0. The van der Waals surface area contributed by atoms with Gasteiger partial charge in [-0.3, -0.25) is 10.1 Å². The van der Waals surface area contributed by atoms with Crippen LogP contribution in [0.15, 0.2) is 47.4 Å². The Balaban J connectivity index is 2.33. The van der Waals surface area contributed by atoms with Gasteiger partial charge in [-0.25, -0.2) is 0 Å². The van der Waals surface area contributed by atoms with Crippen molar-refractivity contribution in [2.24, 2.45) is 0 Å². The Hall–Kier alpha value is -2.61. The number of rotatable bonds is 6. The number of hydrogen-bond donors (Lipinski definition) is 0. The van der Waals surface area contributed by atoms with Crippen LogP contribution < -0.4 is 8.92 Å². The summed E-state index contributed by atoms with van der Waals surface area (Å²) in [6.07, 6.45) is 0. The van der Waals surface area contributed by atoms with Gasteiger partial charge in [0.05, 0.1) is 11.5 Å². The summed E-state index contributed by atoms with van der Waals surface area (Å²) in [5, 5.41) is 11.0. The molecule has 0 aliphatic heterocycles. The van der Waals surface area contributed by atoms with Crippen LogP contribution in [0.1, 0.15) is 12.5 Å². The third-order valence-electron chi connectivity index (χ3n) is 2.93. The summed E-state index contributed by atoms with van der Waals surface area (Å²) in [4.78, 5) is 10.2. The molecule has 0 atom stereocenters. The first-order valence-electron chi connectivity index (χ1n) is 6.76. The van der Waals surface area contributed by atoms with Crippen LogP contribution in [0.4, 0.5) is 5.69 Å². The van der Waals surface area contributed by atoms with Crippen LogP contribution in [0.25, 0.3) is 0 Å². The van der Waals surface area contributed by atoms with E-state index in [0.29, 0.717) is 17.9 Å². The quantitative estimate of drug-likeness (QED) is 0.456. The second kappa shape index (κ2) is 6.66. The van der Waals surface area contributed by atoms with Gasteiger partial charge in [-0.2, -0.15) is 8.42 Å². The molecule has 0 unspecified atom stereocenters. The Morgan fingerprint density at radius 2 is 1.78 bits per heavy atom. The minimum atomic E-state index is -4.17. The average Bonchev–Trinajstić information content (AvgIpc) is 2.49. The van der Waals surface area contributed by atoms with Crippen molar-refractivity contribution in [3.05, 3.63) is 58.1 Å². The molecule has 0 spiro atoms. The van der Waals surface area contributed by atoms with Gasteiger partial charge in [0.2, 0.25) is 5.75 Å². The summed E-state index contributed by atoms with van der Waals surface area (Å²) in [6, 6.07) is 9.67. The fraction of sp³-hybridized carbons (Fsp3) is 0.200. The molecule has 0 aliphatic carbocycles. The fourth-order valence-corrected chi connectivity index (χ4v) is 2.82. The topological polar surface area (TPSA) is 95.7 Å². The molecule has 0 heterocycles. The first-order valence-corrected chi connectivity index (χ1v) is 8.16. The summed E-state index contributed by atoms with van der Waals surface area (Å²) >= 11 is 0. The van der Waals surface area contributed by atoms with E-state index in [1.54, 1.807) is 6.92 Å². The molecule has 8 heteroatoms. The summed E-state index contributed by atoms with van der Waals surface area (Å²) in [5.74, 6) is 0.197. The molecule has 0 saturated heterocycles. The highest BCUT2D eigenvalue weighted by Gasteiger charge is 2.23. The Kier molecular flexibility index (Phi) is 4.85. The van der Waals surface area contributed by atoms with Gasteiger partial charge in [0.1, 0.15) is 10.6 Å². The number of hydrogen-bond acceptors (Lipinski definition) is 6. The van der Waals surface area contributed by atoms with Crippen LogP contribution in [0.5, 0.6) is 11.5 Å². The monoisotopic (exact) mass is 337 g/mol. The van der Waals surface area contributed by atoms with Crippen molar-refractivity contribution in [3.8, 4) is 11.5 Å². The van der Waals surface area contributed by atoms with Crippen LogP contribution >= 0.6 is 0 Å². The molecule has 122 valence electrons. The number of nitrogens with zero attached hydrogens (tertiary/aromatic N) is 1. The number of nitro groups is 1. The van der Waals surface area contributed by atoms with Crippen molar-refractivity contribution in [3.63, 3.8) is 0 Å². The van der Waals surface area contributed by atoms with Crippen LogP contribution in [-0.2, 0) is 10.1 Å². The molecular formula is C15H15NO6S. The van der Waals surface area contributed by atoms with E-state index in [0.717, 1.165) is 0 Å². The molecule has 0 saturated carbocycles. The maximum absolute atomic E-state index is 12.2. The zero-order valence-electron chi connectivity index (χ0n) is 12.6. The number of nitro benzene ring substituents is 1. The van der Waals surface area contributed by atoms with Gasteiger partial charge in [-0.05, 0) is 49.7 Å². The summed E-state index contributed by atoms with van der Waals surface area (Å²) in [6.45, 7) is 3.93. The lowest BCUT2D eigenvalue weighted by atomic mass is 10.2. The molecule has 7 nitrogen and oxygen atoms in total. The van der Waals surface area contributed by atoms with Gasteiger partial charge in [0, 0.05) is 6.07 Å². The van der Waals surface area contributed by atoms with E-state index in [1.165, 1.54) is 42.5 Å². The van der Waals surface area contributed by atoms with Crippen LogP contribution in [-0.4, -0.2) is 19.9 Å². The highest BCUT2D eigenvalue weighted by atomic mass is 32.2. The molecular weight excluding hydrogens is 322 g/mol. The van der Waals surface area contributed by atoms with Crippen molar-refractivity contribution < 1.29 is 22.3 Å². The van der Waals surface area contributed by atoms with Gasteiger partial charge in [-0.1, -0.05) is 6.07 Å². The van der Waals surface area contributed by atoms with Crippen LogP contribution in [0.2, 0.25) is 0 Å². The van der Waals surface area contributed by atoms with Gasteiger partial charge in [0.15, 0.2) is 0 Å². The minimum absolute atomic E-state index is 0.115. The van der Waals surface area contributed by atoms with E-state index in [1.807, 2.05) is 6.92 Å². The van der Waals surface area contributed by atoms with Crippen molar-refractivity contribution in [1.82, 2.24) is 0 Å². The highest BCUT2D eigenvalue weighted by molar-refractivity contribution is 7.87. The maximum Gasteiger partial charge on any atom is 0.339 e. The lowest BCUT2D eigenvalue weighted by Gasteiger charge is -2.09. The first-order chi connectivity index (χ1) is 10.8. The minimum Gasteiger partial charge on any atom is -0.494 e. The van der Waals surface area contributed by atoms with Crippen molar-refractivity contribution in [2.75, 3.05) is 6.61 Å². The van der Waals surface area contributed by atoms with E-state index < -0.39 is 20.7 Å². The lowest BCUT2D eigenvalue weighted by Crippen LogP contribution is -2.11. The second-order valence-electron chi connectivity index (χ2n) is 4.67. The van der Waals surface area contributed by atoms with Gasteiger partial charge in [-0.15, -0.1) is 0 Å². The van der Waals surface area contributed by atoms with Crippen molar-refractivity contribution >= 4 is 15.8 Å². The molecule has 23 heavy (non-hydrogen) atoms. The van der Waals surface area contributed by atoms with Gasteiger partial charge >= 0.3 is 15.8 Å². The third kappa shape index (κ3) is 3.98. The molecule has 0 radical (unpaired) electrons. The third-order valence-corrected chi connectivity index (χ3v) is 4.18. The zero-order chi connectivity index (χ0) is 17.0. The van der Waals surface area contributed by atoms with Gasteiger partial charge < -0.3 is 8.92 Å². The molecule has 0 N–H and O–H groups in total. The largest absolute Gasteiger partial charge is 0.494 e. The predicted octanol–water partition coefficient (Wildman–Crippen LogP) is 3.07. The SMILES string of the molecule is CCOc1ccc(S(=O)(=O)Oc2ccc(C)cc2[N+](=O)[O-])cc1. The highest BCUT2D eigenvalue weighted by Crippen LogP contribution is 2.30. The molecule has 2 aromatic rings. The summed E-state index contributed by atoms with van der Waals surface area (Å²) in [5.41, 5.74) is 0.224. The van der Waals surface area contributed by atoms with Crippen LogP contribution in [0.3, 0.4) is 0 Å². The average molecular weight is 337 g/mol. The Bertz CT molecular complexity index is 814. The maximum atomic E-state index is 12.2. The van der Waals surface area contributed by atoms with E-state index >= 15 is 0 Å². The molecule has 0 fully saturated rings. The molecule has 0 bridgehead atoms. The number of aryl methyl sites for hydroxylation is 1.